The lowest BCUT2D eigenvalue weighted by Crippen LogP contribution is -2.62. The van der Waals surface area contributed by atoms with E-state index in [1.54, 1.807) is 60.5 Å². The van der Waals surface area contributed by atoms with E-state index in [0.717, 1.165) is 31.8 Å². The van der Waals surface area contributed by atoms with Gasteiger partial charge in [0.05, 0.1) is 17.5 Å². The number of rotatable bonds is 6. The summed E-state index contributed by atoms with van der Waals surface area (Å²) in [5.74, 6) is 1.15. The monoisotopic (exact) mass is 579 g/mol. The number of nitrogens with zero attached hydrogens (tertiary/aromatic N) is 3. The Morgan fingerprint density at radius 3 is 2.30 bits per heavy atom. The summed E-state index contributed by atoms with van der Waals surface area (Å²) < 4.78 is 15.4. The maximum Gasteiger partial charge on any atom is 0.321 e. The average Bonchev–Trinajstić information content (AvgIpc) is 3.38. The first kappa shape index (κ1) is 28.2. The zero-order valence-electron chi connectivity index (χ0n) is 23.3. The van der Waals surface area contributed by atoms with Crippen LogP contribution < -0.4 is 15.6 Å². The number of hydrogen-bond acceptors (Lipinski definition) is 6. The molecule has 1 aliphatic carbocycles. The highest BCUT2D eigenvalue weighted by Gasteiger charge is 2.48. The quantitative estimate of drug-likeness (QED) is 0.323. The molecule has 3 aromatic carbocycles. The molecule has 10 heteroatoms. The molecule has 3 amide bonds. The molecule has 9 nitrogen and oxygen atoms in total. The maximum atomic E-state index is 15.4. The number of aldehydes is 1. The molecular weight excluding hydrogens is 549 g/mol. The Labute approximate surface area is 248 Å². The van der Waals surface area contributed by atoms with Gasteiger partial charge in [0.2, 0.25) is 5.66 Å². The minimum Gasteiger partial charge on any atom is -0.308 e. The molecule has 2 saturated heterocycles. The first-order valence-corrected chi connectivity index (χ1v) is 14.3. The van der Waals surface area contributed by atoms with Gasteiger partial charge in [-0.25, -0.2) is 29.0 Å². The van der Waals surface area contributed by atoms with Crippen LogP contribution in [0.15, 0.2) is 83.9 Å². The number of benzodiazepines with no additional fused rings is 1. The first-order chi connectivity index (χ1) is 20.9. The standard InChI is InChI=1S/C33H30FN5O4/c34-28-10-3-1-8-26(28)30-27-9-2-4-11-29(27)39(38-19-22-12-13-23(20-38)15-14-22)31(42)33(36-30,16-17-40)37-32(43)35-25-7-5-6-24(18-25)21-41/h1-11,16,18,21-23H,12-15,19-20H2,(H2,35,37,43). The van der Waals surface area contributed by atoms with E-state index in [9.17, 15) is 19.2 Å². The summed E-state index contributed by atoms with van der Waals surface area (Å²) in [5.41, 5.74) is -0.519. The lowest BCUT2D eigenvalue weighted by atomic mass is 9.84. The fraction of sp³-hybridized carbons (Fsp3) is 0.273. The highest BCUT2D eigenvalue weighted by Crippen LogP contribution is 2.39. The minimum atomic E-state index is -2.28. The number of aliphatic imine (C=N–C) groups is 1. The van der Waals surface area contributed by atoms with Crippen LogP contribution in [0.5, 0.6) is 0 Å². The van der Waals surface area contributed by atoms with Crippen molar-refractivity contribution < 1.29 is 23.6 Å². The van der Waals surface area contributed by atoms with Crippen molar-refractivity contribution in [2.45, 2.75) is 31.3 Å². The van der Waals surface area contributed by atoms with Crippen LogP contribution in [-0.2, 0) is 9.59 Å². The van der Waals surface area contributed by atoms with E-state index < -0.39 is 23.4 Å². The predicted octanol–water partition coefficient (Wildman–Crippen LogP) is 4.77. The van der Waals surface area contributed by atoms with Gasteiger partial charge in [-0.1, -0.05) is 42.5 Å². The Hall–Kier alpha value is -4.92. The van der Waals surface area contributed by atoms with Gasteiger partial charge in [0, 0.05) is 35.5 Å². The molecule has 4 aliphatic rings. The largest absolute Gasteiger partial charge is 0.321 e. The molecule has 2 bridgehead atoms. The Morgan fingerprint density at radius 1 is 0.953 bits per heavy atom. The summed E-state index contributed by atoms with van der Waals surface area (Å²) in [6, 6.07) is 18.4. The van der Waals surface area contributed by atoms with Crippen LogP contribution in [0.1, 0.15) is 47.2 Å². The third-order valence-corrected chi connectivity index (χ3v) is 8.36. The van der Waals surface area contributed by atoms with Gasteiger partial charge in [-0.05, 0) is 67.9 Å². The van der Waals surface area contributed by atoms with Crippen molar-refractivity contribution in [3.63, 3.8) is 0 Å². The number of hydrogen-bond donors (Lipinski definition) is 2. The smallest absolute Gasteiger partial charge is 0.308 e. The van der Waals surface area contributed by atoms with Gasteiger partial charge in [0.25, 0.3) is 5.91 Å². The van der Waals surface area contributed by atoms with E-state index in [2.05, 4.69) is 10.6 Å². The number of carbonyl (C=O) groups is 3. The molecule has 1 atom stereocenters. The topological polar surface area (TPSA) is 111 Å². The van der Waals surface area contributed by atoms with E-state index in [1.807, 2.05) is 5.01 Å². The predicted molar refractivity (Wildman–Crippen MR) is 160 cm³/mol. The normalized spacial score (nSPS) is 23.2. The van der Waals surface area contributed by atoms with Crippen molar-refractivity contribution in [2.75, 3.05) is 23.4 Å². The first-order valence-electron chi connectivity index (χ1n) is 14.3. The Kier molecular flexibility index (Phi) is 7.71. The fourth-order valence-electron chi connectivity index (χ4n) is 6.31. The SMILES string of the molecule is O=C=CC1(NC(=O)Nc2cccc(C=O)c2)N=C(c2ccccc2F)c2ccccc2N(N2CC3CCC(CC3)C2)C1=O. The lowest BCUT2D eigenvalue weighted by molar-refractivity contribution is -0.126. The molecule has 3 aromatic rings. The molecule has 0 spiro atoms. The number of halogens is 1. The van der Waals surface area contributed by atoms with Crippen LogP contribution in [0.2, 0.25) is 0 Å². The van der Waals surface area contributed by atoms with Crippen molar-refractivity contribution >= 4 is 41.3 Å². The Bertz CT molecular complexity index is 1650. The molecule has 3 heterocycles. The van der Waals surface area contributed by atoms with E-state index >= 15 is 4.39 Å². The molecule has 1 saturated carbocycles. The highest BCUT2D eigenvalue weighted by molar-refractivity contribution is 6.21. The summed E-state index contributed by atoms with van der Waals surface area (Å²) in [4.78, 5) is 56.3. The molecule has 43 heavy (non-hydrogen) atoms. The molecule has 7 rings (SSSR count). The van der Waals surface area contributed by atoms with Crippen LogP contribution in [0.25, 0.3) is 0 Å². The van der Waals surface area contributed by atoms with Crippen LogP contribution in [0.4, 0.5) is 20.6 Å². The van der Waals surface area contributed by atoms with Gasteiger partial charge >= 0.3 is 6.03 Å². The summed E-state index contributed by atoms with van der Waals surface area (Å²) >= 11 is 0. The van der Waals surface area contributed by atoms with Crippen LogP contribution in [0, 0.1) is 17.7 Å². The number of anilines is 2. The molecule has 0 aromatic heterocycles. The summed E-state index contributed by atoms with van der Waals surface area (Å²) in [7, 11) is 0. The maximum absolute atomic E-state index is 15.4. The average molecular weight is 580 g/mol. The second-order valence-electron chi connectivity index (χ2n) is 11.2. The van der Waals surface area contributed by atoms with Gasteiger partial charge in [0.1, 0.15) is 18.0 Å². The van der Waals surface area contributed by atoms with Crippen molar-refractivity contribution in [3.05, 3.63) is 101 Å². The second kappa shape index (κ2) is 11.8. The number of benzene rings is 3. The number of amides is 3. The van der Waals surface area contributed by atoms with E-state index in [-0.39, 0.29) is 17.0 Å². The number of urea groups is 1. The molecular formula is C33H30FN5O4. The number of nitrogens with one attached hydrogen (secondary N) is 2. The zero-order valence-corrected chi connectivity index (χ0v) is 23.3. The van der Waals surface area contributed by atoms with Gasteiger partial charge in [-0.2, -0.15) is 0 Å². The molecule has 0 radical (unpaired) electrons. The zero-order chi connectivity index (χ0) is 30.0. The Morgan fingerprint density at radius 2 is 1.63 bits per heavy atom. The van der Waals surface area contributed by atoms with Crippen LogP contribution >= 0.6 is 0 Å². The Balaban J connectivity index is 1.51. The number of para-hydroxylation sites is 1. The summed E-state index contributed by atoms with van der Waals surface area (Å²) in [6.45, 7) is 1.22. The van der Waals surface area contributed by atoms with Crippen molar-refractivity contribution in [3.8, 4) is 0 Å². The number of carbonyl (C=O) groups excluding carboxylic acids is 4. The van der Waals surface area contributed by atoms with E-state index in [4.69, 9.17) is 4.99 Å². The molecule has 2 N–H and O–H groups in total. The number of fused-ring (bicyclic) bond motifs is 5. The lowest BCUT2D eigenvalue weighted by Gasteiger charge is -2.38. The second-order valence-corrected chi connectivity index (χ2v) is 11.2. The van der Waals surface area contributed by atoms with Gasteiger partial charge in [0.15, 0.2) is 0 Å². The van der Waals surface area contributed by atoms with Crippen LogP contribution in [-0.4, -0.2) is 53.6 Å². The third-order valence-electron chi connectivity index (χ3n) is 8.36. The molecule has 218 valence electrons. The summed E-state index contributed by atoms with van der Waals surface area (Å²) in [5, 5.41) is 8.71. The third kappa shape index (κ3) is 5.50. The van der Waals surface area contributed by atoms with Crippen molar-refractivity contribution in [1.82, 2.24) is 10.3 Å². The van der Waals surface area contributed by atoms with Crippen LogP contribution in [0.3, 0.4) is 0 Å². The molecule has 3 fully saturated rings. The van der Waals surface area contributed by atoms with Gasteiger partial charge in [-0.15, -0.1) is 0 Å². The van der Waals surface area contributed by atoms with Crippen molar-refractivity contribution in [2.24, 2.45) is 16.8 Å². The highest BCUT2D eigenvalue weighted by atomic mass is 19.1. The minimum absolute atomic E-state index is 0.0945. The van der Waals surface area contributed by atoms with Crippen molar-refractivity contribution in [1.29, 1.82) is 0 Å². The number of hydrazine groups is 1. The molecule has 1 unspecified atom stereocenters. The van der Waals surface area contributed by atoms with E-state index in [1.165, 1.54) is 23.2 Å². The molecule has 3 aliphatic heterocycles. The van der Waals surface area contributed by atoms with Gasteiger partial charge in [-0.3, -0.25) is 9.59 Å². The van der Waals surface area contributed by atoms with Gasteiger partial charge < -0.3 is 10.6 Å². The van der Waals surface area contributed by atoms with E-state index in [0.29, 0.717) is 48.0 Å². The fourth-order valence-corrected chi connectivity index (χ4v) is 6.31. The summed E-state index contributed by atoms with van der Waals surface area (Å²) in [6.07, 6.45) is 5.73.